The molecule has 1 aliphatic heterocycles. The highest BCUT2D eigenvalue weighted by atomic mass is 16.5. The summed E-state index contributed by atoms with van der Waals surface area (Å²) in [7, 11) is 0. The van der Waals surface area contributed by atoms with Gasteiger partial charge in [-0.15, -0.1) is 0 Å². The predicted molar refractivity (Wildman–Crippen MR) is 79.9 cm³/mol. The minimum absolute atomic E-state index is 0.323. The SMILES string of the molecule is CC(C)CC(NCC1CCC=CO1)c1ccccc1. The molecular formula is C17H25NO. The van der Waals surface area contributed by atoms with E-state index >= 15 is 0 Å². The number of allylic oxidation sites excluding steroid dienone is 1. The zero-order valence-electron chi connectivity index (χ0n) is 12.0. The van der Waals surface area contributed by atoms with E-state index < -0.39 is 0 Å². The van der Waals surface area contributed by atoms with E-state index in [2.05, 4.69) is 55.6 Å². The van der Waals surface area contributed by atoms with Crippen molar-refractivity contribution in [2.24, 2.45) is 5.92 Å². The number of hydrogen-bond acceptors (Lipinski definition) is 2. The molecule has 1 heterocycles. The highest BCUT2D eigenvalue weighted by Crippen LogP contribution is 2.21. The molecule has 2 unspecified atom stereocenters. The summed E-state index contributed by atoms with van der Waals surface area (Å²) in [4.78, 5) is 0. The molecule has 0 bridgehead atoms. The number of rotatable bonds is 6. The maximum absolute atomic E-state index is 5.63. The summed E-state index contributed by atoms with van der Waals surface area (Å²) in [6.07, 6.45) is 7.67. The van der Waals surface area contributed by atoms with E-state index in [1.165, 1.54) is 5.56 Å². The summed E-state index contributed by atoms with van der Waals surface area (Å²) >= 11 is 0. The summed E-state index contributed by atoms with van der Waals surface area (Å²) < 4.78 is 5.63. The van der Waals surface area contributed by atoms with E-state index in [1.54, 1.807) is 0 Å². The average Bonchev–Trinajstić information content (AvgIpc) is 2.45. The van der Waals surface area contributed by atoms with Gasteiger partial charge in [0.1, 0.15) is 6.10 Å². The Kier molecular flexibility index (Phi) is 5.46. The van der Waals surface area contributed by atoms with Crippen LogP contribution in [0.5, 0.6) is 0 Å². The molecule has 2 rings (SSSR count). The first kappa shape index (κ1) is 14.1. The van der Waals surface area contributed by atoms with Gasteiger partial charge in [0.25, 0.3) is 0 Å². The van der Waals surface area contributed by atoms with E-state index in [1.807, 2.05) is 6.26 Å². The molecule has 19 heavy (non-hydrogen) atoms. The first-order valence-corrected chi connectivity index (χ1v) is 7.34. The zero-order chi connectivity index (χ0) is 13.5. The van der Waals surface area contributed by atoms with Gasteiger partial charge in [-0.1, -0.05) is 44.2 Å². The molecular weight excluding hydrogens is 234 g/mol. The second-order valence-corrected chi connectivity index (χ2v) is 5.71. The van der Waals surface area contributed by atoms with Crippen LogP contribution < -0.4 is 5.32 Å². The van der Waals surface area contributed by atoms with E-state index in [4.69, 9.17) is 4.74 Å². The topological polar surface area (TPSA) is 21.3 Å². The third kappa shape index (κ3) is 4.71. The lowest BCUT2D eigenvalue weighted by atomic mass is 9.96. The van der Waals surface area contributed by atoms with Gasteiger partial charge in [0.15, 0.2) is 0 Å². The lowest BCUT2D eigenvalue weighted by Crippen LogP contribution is -2.32. The van der Waals surface area contributed by atoms with Crippen LogP contribution in [0.1, 0.15) is 44.7 Å². The fraction of sp³-hybridized carbons (Fsp3) is 0.529. The van der Waals surface area contributed by atoms with E-state index in [0.29, 0.717) is 18.1 Å². The largest absolute Gasteiger partial charge is 0.497 e. The van der Waals surface area contributed by atoms with Gasteiger partial charge >= 0.3 is 0 Å². The molecule has 0 spiro atoms. The molecule has 0 aromatic heterocycles. The Balaban J connectivity index is 1.92. The Labute approximate surface area is 116 Å². The van der Waals surface area contributed by atoms with Crippen molar-refractivity contribution in [3.8, 4) is 0 Å². The summed E-state index contributed by atoms with van der Waals surface area (Å²) in [6, 6.07) is 11.2. The van der Waals surface area contributed by atoms with Crippen LogP contribution >= 0.6 is 0 Å². The van der Waals surface area contributed by atoms with Crippen molar-refractivity contribution < 1.29 is 4.74 Å². The molecule has 0 amide bonds. The Hall–Kier alpha value is -1.28. The molecule has 1 aliphatic rings. The van der Waals surface area contributed by atoms with Crippen LogP contribution in [0.4, 0.5) is 0 Å². The monoisotopic (exact) mass is 259 g/mol. The van der Waals surface area contributed by atoms with Crippen LogP contribution in [-0.2, 0) is 4.74 Å². The van der Waals surface area contributed by atoms with E-state index in [9.17, 15) is 0 Å². The van der Waals surface area contributed by atoms with Crippen molar-refractivity contribution in [1.82, 2.24) is 5.32 Å². The van der Waals surface area contributed by atoms with Gasteiger partial charge in [-0.3, -0.25) is 0 Å². The van der Waals surface area contributed by atoms with Crippen molar-refractivity contribution >= 4 is 0 Å². The molecule has 0 radical (unpaired) electrons. The second-order valence-electron chi connectivity index (χ2n) is 5.71. The zero-order valence-corrected chi connectivity index (χ0v) is 12.0. The van der Waals surface area contributed by atoms with Crippen molar-refractivity contribution in [3.05, 3.63) is 48.2 Å². The van der Waals surface area contributed by atoms with E-state index in [-0.39, 0.29) is 0 Å². The first-order chi connectivity index (χ1) is 9.25. The Morgan fingerprint density at radius 1 is 1.26 bits per heavy atom. The molecule has 0 saturated carbocycles. The highest BCUT2D eigenvalue weighted by Gasteiger charge is 2.16. The summed E-state index contributed by atoms with van der Waals surface area (Å²) in [6.45, 7) is 5.48. The third-order valence-electron chi connectivity index (χ3n) is 3.52. The van der Waals surface area contributed by atoms with Crippen LogP contribution in [0, 0.1) is 5.92 Å². The van der Waals surface area contributed by atoms with Crippen molar-refractivity contribution in [1.29, 1.82) is 0 Å². The van der Waals surface area contributed by atoms with Gasteiger partial charge in [0, 0.05) is 12.6 Å². The second kappa shape index (κ2) is 7.34. The minimum Gasteiger partial charge on any atom is -0.497 e. The average molecular weight is 259 g/mol. The molecule has 1 aromatic carbocycles. The highest BCUT2D eigenvalue weighted by molar-refractivity contribution is 5.18. The van der Waals surface area contributed by atoms with Crippen LogP contribution in [0.2, 0.25) is 0 Å². The molecule has 0 fully saturated rings. The molecule has 1 aromatic rings. The van der Waals surface area contributed by atoms with Crippen LogP contribution in [-0.4, -0.2) is 12.6 Å². The quantitative estimate of drug-likeness (QED) is 0.832. The van der Waals surface area contributed by atoms with Gasteiger partial charge in [-0.2, -0.15) is 0 Å². The smallest absolute Gasteiger partial charge is 0.110 e. The maximum Gasteiger partial charge on any atom is 0.110 e. The van der Waals surface area contributed by atoms with Gasteiger partial charge in [-0.25, -0.2) is 0 Å². The molecule has 0 aliphatic carbocycles. The Bertz CT molecular complexity index is 386. The normalized spacial score (nSPS) is 20.3. The molecule has 1 N–H and O–H groups in total. The van der Waals surface area contributed by atoms with Gasteiger partial charge < -0.3 is 10.1 Å². The fourth-order valence-electron chi connectivity index (χ4n) is 2.50. The lowest BCUT2D eigenvalue weighted by Gasteiger charge is -2.25. The molecule has 2 nitrogen and oxygen atoms in total. The summed E-state index contributed by atoms with van der Waals surface area (Å²) in [5, 5.41) is 3.68. The number of ether oxygens (including phenoxy) is 1. The van der Waals surface area contributed by atoms with E-state index in [0.717, 1.165) is 25.8 Å². The maximum atomic E-state index is 5.63. The number of nitrogens with one attached hydrogen (secondary N) is 1. The van der Waals surface area contributed by atoms with Crippen LogP contribution in [0.15, 0.2) is 42.7 Å². The lowest BCUT2D eigenvalue weighted by molar-refractivity contribution is 0.118. The van der Waals surface area contributed by atoms with Crippen LogP contribution in [0.3, 0.4) is 0 Å². The Morgan fingerprint density at radius 2 is 2.05 bits per heavy atom. The van der Waals surface area contributed by atoms with Gasteiger partial charge in [-0.05, 0) is 36.8 Å². The first-order valence-electron chi connectivity index (χ1n) is 7.34. The molecule has 104 valence electrons. The van der Waals surface area contributed by atoms with Crippen molar-refractivity contribution in [2.75, 3.05) is 6.54 Å². The van der Waals surface area contributed by atoms with Gasteiger partial charge in [0.2, 0.25) is 0 Å². The summed E-state index contributed by atoms with van der Waals surface area (Å²) in [5.74, 6) is 0.685. The summed E-state index contributed by atoms with van der Waals surface area (Å²) in [5.41, 5.74) is 1.38. The van der Waals surface area contributed by atoms with Crippen molar-refractivity contribution in [2.45, 2.75) is 45.3 Å². The fourth-order valence-corrected chi connectivity index (χ4v) is 2.50. The molecule has 0 saturated heterocycles. The van der Waals surface area contributed by atoms with Gasteiger partial charge in [0.05, 0.1) is 6.26 Å². The predicted octanol–water partition coefficient (Wildman–Crippen LogP) is 4.06. The molecule has 2 heteroatoms. The van der Waals surface area contributed by atoms with Crippen LogP contribution in [0.25, 0.3) is 0 Å². The number of benzene rings is 1. The number of hydrogen-bond donors (Lipinski definition) is 1. The molecule has 2 atom stereocenters. The third-order valence-corrected chi connectivity index (χ3v) is 3.52. The van der Waals surface area contributed by atoms with Crippen molar-refractivity contribution in [3.63, 3.8) is 0 Å². The standard InChI is InChI=1S/C17H25NO/c1-14(2)12-17(15-8-4-3-5-9-15)18-13-16-10-6-7-11-19-16/h3-5,7-9,11,14,16-18H,6,10,12-13H2,1-2H3. The minimum atomic E-state index is 0.323. The Morgan fingerprint density at radius 3 is 2.68 bits per heavy atom.